The molecule has 0 aromatic carbocycles. The fourth-order valence-electron chi connectivity index (χ4n) is 20.7. The Kier molecular flexibility index (Phi) is 0.416. The summed E-state index contributed by atoms with van der Waals surface area (Å²) in [6.07, 6.45) is 0. The van der Waals surface area contributed by atoms with Crippen molar-refractivity contribution in [2.45, 2.75) is 86.2 Å². The van der Waals surface area contributed by atoms with Gasteiger partial charge in [-0.2, -0.15) is 0 Å². The summed E-state index contributed by atoms with van der Waals surface area (Å²) in [5.74, 6) is 1.21. The van der Waals surface area contributed by atoms with Crippen LogP contribution in [0.1, 0.15) is 13.8 Å². The zero-order valence-electron chi connectivity index (χ0n) is 13.9. The summed E-state index contributed by atoms with van der Waals surface area (Å²) in [6, 6.07) is 1.36. The zero-order chi connectivity index (χ0) is 15.2. The normalized spacial score (nSPS) is 102. The molecule has 0 aromatic heterocycles. The molecule has 10 fully saturated rings. The van der Waals surface area contributed by atoms with Crippen molar-refractivity contribution in [2.24, 2.45) is 0 Å². The van der Waals surface area contributed by atoms with E-state index in [1.165, 1.54) is 6.04 Å². The third-order valence-corrected chi connectivity index (χ3v) is 63.1. The summed E-state index contributed by atoms with van der Waals surface area (Å²) in [7, 11) is -1.27. The number of ketones is 2. The summed E-state index contributed by atoms with van der Waals surface area (Å²) in [6.45, 7) is 7.48. The van der Waals surface area contributed by atoms with E-state index >= 15 is 0 Å². The van der Waals surface area contributed by atoms with Crippen LogP contribution in [0.5, 0.6) is 0 Å². The van der Waals surface area contributed by atoms with E-state index in [1.54, 1.807) is 0 Å². The van der Waals surface area contributed by atoms with Crippen LogP contribution in [0.15, 0.2) is 0 Å². The number of fused-ring (bicyclic) bond motifs is 10. The molecule has 0 N–H and O–H groups in total. The van der Waals surface area contributed by atoms with Crippen LogP contribution in [0.4, 0.5) is 0 Å². The summed E-state index contributed by atoms with van der Waals surface area (Å²) in [5.41, 5.74) is 0. The first kappa shape index (κ1) is 10.2. The van der Waals surface area contributed by atoms with E-state index in [-0.39, 0.29) is 8.63 Å². The number of carbonyl (C=O) groups excluding carboxylic acids is 2. The van der Waals surface area contributed by atoms with Crippen molar-refractivity contribution >= 4 is 19.6 Å². The molecule has 4 atom stereocenters. The van der Waals surface area contributed by atoms with Gasteiger partial charge in [0.1, 0.15) is 0 Å². The molecule has 0 aliphatic carbocycles. The molecule has 22 heavy (non-hydrogen) atoms. The van der Waals surface area contributed by atoms with Crippen LogP contribution < -0.4 is 0 Å². The summed E-state index contributed by atoms with van der Waals surface area (Å²) >= 11 is 0. The third-order valence-electron chi connectivity index (χ3n) is 17.2. The molecule has 4 unspecified atom stereocenters. The number of carbonyl (C=O) groups is 2. The molecule has 0 aromatic rings. The Bertz CT molecular complexity index is 1180. The van der Waals surface area contributed by atoms with Crippen LogP contribution >= 0.6 is 0 Å². The maximum absolute atomic E-state index is 13.2. The van der Waals surface area contributed by atoms with Gasteiger partial charge in [-0.05, 0) is 0 Å². The predicted octanol–water partition coefficient (Wildman–Crippen LogP) is 5.00. The van der Waals surface area contributed by atoms with Gasteiger partial charge in [0.05, 0.1) is 0 Å². The van der Waals surface area contributed by atoms with Crippen LogP contribution in [0.2, 0.25) is 72.3 Å². The van der Waals surface area contributed by atoms with E-state index in [0.29, 0.717) is 15.9 Å². The second-order valence-corrected chi connectivity index (χ2v) is 42.3. The van der Waals surface area contributed by atoms with Crippen LogP contribution in [-0.2, 0) is 16.1 Å². The molecule has 10 rings (SSSR count). The van der Waals surface area contributed by atoms with Crippen molar-refractivity contribution in [1.82, 2.24) is 0 Å². The van der Waals surface area contributed by atoms with Gasteiger partial charge < -0.3 is 0 Å². The SMILES string of the molecule is CC(=O)[C]12[CH]3[CH]4[C]5(C(C)=O)[C]1(C[Si](C)(C)C)[Fe]34251678[CH]2[CH]1[CH]6[CH]7[CH]28. The van der Waals surface area contributed by atoms with Gasteiger partial charge in [-0.25, -0.2) is 0 Å². The molecule has 1 spiro atoms. The second kappa shape index (κ2) is 0.901. The average molecular weight is 356 g/mol. The fraction of sp³-hybridized carbons (Fsp3) is 0.889. The summed E-state index contributed by atoms with van der Waals surface area (Å²) < 4.78 is 0.807. The van der Waals surface area contributed by atoms with E-state index in [2.05, 4.69) is 19.6 Å². The fourth-order valence-corrected chi connectivity index (χ4v) is 106. The Morgan fingerprint density at radius 3 is 1.45 bits per heavy atom. The van der Waals surface area contributed by atoms with Gasteiger partial charge in [0.2, 0.25) is 0 Å². The first-order valence-electron chi connectivity index (χ1n) is 9.15. The first-order chi connectivity index (χ1) is 9.92. The van der Waals surface area contributed by atoms with E-state index < -0.39 is 14.6 Å². The molecule has 0 radical (unpaired) electrons. The zero-order valence-corrected chi connectivity index (χ0v) is 16.0. The van der Waals surface area contributed by atoms with Crippen molar-refractivity contribution in [2.75, 3.05) is 0 Å². The molecule has 0 amide bonds. The Labute approximate surface area is 122 Å². The monoisotopic (exact) mass is 356 g/mol. The Balaban J connectivity index is 1.56. The van der Waals surface area contributed by atoms with Crippen LogP contribution in [-0.4, -0.2) is 19.6 Å². The van der Waals surface area contributed by atoms with Gasteiger partial charge in [0, 0.05) is 0 Å². The topological polar surface area (TPSA) is 34.1 Å². The minimum absolute atomic E-state index is 0.216. The van der Waals surface area contributed by atoms with Gasteiger partial charge in [0.25, 0.3) is 0 Å². The number of Topliss-reactive ketones (excluding diaryl/α,β-unsaturated/α-hetero) is 2. The van der Waals surface area contributed by atoms with Crippen LogP contribution in [0.3, 0.4) is 0 Å². The molecular weight excluding hydrogens is 332 g/mol. The Hall–Kier alpha value is 0.0764. The Morgan fingerprint density at radius 1 is 0.864 bits per heavy atom. The predicted molar refractivity (Wildman–Crippen MR) is 83.8 cm³/mol. The van der Waals surface area contributed by atoms with Gasteiger partial charge in [-0.3, -0.25) is 0 Å². The molecule has 10 aliphatic heterocycles. The third kappa shape index (κ3) is 0.109. The average Bonchev–Trinajstić information content (AvgIpc) is 3.30. The van der Waals surface area contributed by atoms with Crippen molar-refractivity contribution in [1.29, 1.82) is 0 Å². The second-order valence-electron chi connectivity index (χ2n) is 13.8. The molecule has 120 valence electrons. The molecule has 0 saturated carbocycles. The molecule has 10 aliphatic rings. The van der Waals surface area contributed by atoms with Crippen molar-refractivity contribution in [3.8, 4) is 0 Å². The van der Waals surface area contributed by atoms with Gasteiger partial charge in [-0.15, -0.1) is 0 Å². The van der Waals surface area contributed by atoms with E-state index in [4.69, 9.17) is 0 Å². The molecule has 10 heterocycles. The van der Waals surface area contributed by atoms with Crippen molar-refractivity contribution in [3.05, 3.63) is 0 Å². The quantitative estimate of drug-likeness (QED) is 0.664. The molecule has 4 heteroatoms. The van der Waals surface area contributed by atoms with E-state index in [1.807, 2.05) is 13.8 Å². The minimum atomic E-state index is -3.94. The standard InChI is InChI=1S/C13H19O2Si.C5H5.Fe/c1-9(14)11-6-7-12(10(2)15)13(11)8-16(3,4)5;1-2-4-5-3-1;/h6-7H,8H2,1-5H3;1-5H;. The van der Waals surface area contributed by atoms with Crippen molar-refractivity contribution in [3.63, 3.8) is 0 Å². The van der Waals surface area contributed by atoms with Gasteiger partial charge in [-0.1, -0.05) is 0 Å². The van der Waals surface area contributed by atoms with Crippen molar-refractivity contribution < 1.29 is 16.1 Å². The summed E-state index contributed by atoms with van der Waals surface area (Å²) in [5, 5.41) is 0. The van der Waals surface area contributed by atoms with Gasteiger partial charge >= 0.3 is 122 Å². The summed E-state index contributed by atoms with van der Waals surface area (Å²) in [4.78, 5) is 33.3. The van der Waals surface area contributed by atoms with Crippen LogP contribution in [0.25, 0.3) is 0 Å². The number of hydrogen-bond donors (Lipinski definition) is 0. The molecule has 10 saturated heterocycles. The van der Waals surface area contributed by atoms with Gasteiger partial charge in [0.15, 0.2) is 0 Å². The molecular formula is C18H24FeO2Si. The Morgan fingerprint density at radius 2 is 1.23 bits per heavy atom. The first-order valence-corrected chi connectivity index (χ1v) is 19.0. The van der Waals surface area contributed by atoms with Crippen LogP contribution in [0, 0.1) is 0 Å². The number of hydrogen-bond acceptors (Lipinski definition) is 2. The molecule has 0 bridgehead atoms. The maximum atomic E-state index is 13.2. The van der Waals surface area contributed by atoms with E-state index in [9.17, 15) is 9.59 Å². The molecule has 2 nitrogen and oxygen atoms in total. The van der Waals surface area contributed by atoms with E-state index in [0.717, 1.165) is 33.7 Å². The number of rotatable bonds is 4.